The van der Waals surface area contributed by atoms with Crippen molar-refractivity contribution in [2.45, 2.75) is 104 Å². The Balaban J connectivity index is 3.96. The van der Waals surface area contributed by atoms with E-state index in [9.17, 15) is 14.7 Å². The van der Waals surface area contributed by atoms with Gasteiger partial charge in [-0.15, -0.1) is 0 Å². The van der Waals surface area contributed by atoms with Gasteiger partial charge in [0.15, 0.2) is 0 Å². The summed E-state index contributed by atoms with van der Waals surface area (Å²) in [7, 11) is -6.85. The standard InChI is InChI=1S/C30H51O6P3/c1-19(2)25(28(7,8)9)37(31)34-22-17-16-18-23(35-38(32)26(20(3)4)29(10,11)12)24(22)36-39(33)27(21(5)6)30(13,14)15/h16-21H,1-15H3. The molecule has 3 atom stereocenters. The summed E-state index contributed by atoms with van der Waals surface area (Å²) in [5.41, 5.74) is -1.10. The molecule has 3 unspecified atom stereocenters. The fourth-order valence-electron chi connectivity index (χ4n) is 5.19. The third-order valence-corrected chi connectivity index (χ3v) is 11.8. The van der Waals surface area contributed by atoms with Crippen molar-refractivity contribution in [3.8, 4) is 17.2 Å². The van der Waals surface area contributed by atoms with E-state index in [4.69, 9.17) is 13.6 Å². The van der Waals surface area contributed by atoms with Crippen LogP contribution in [-0.4, -0.2) is 15.9 Å². The molecule has 0 aliphatic heterocycles. The number of benzene rings is 1. The lowest BCUT2D eigenvalue weighted by Gasteiger charge is -2.24. The lowest BCUT2D eigenvalue weighted by molar-refractivity contribution is -0.169. The van der Waals surface area contributed by atoms with Gasteiger partial charge in [-0.25, -0.2) is 0 Å². The summed E-state index contributed by atoms with van der Waals surface area (Å²) < 4.78 is 18.2. The molecule has 0 saturated heterocycles. The fraction of sp³-hybridized carbons (Fsp3) is 0.700. The van der Waals surface area contributed by atoms with Gasteiger partial charge in [0, 0.05) is 34.0 Å². The average Bonchev–Trinajstić information content (AvgIpc) is 2.65. The normalized spacial score (nSPS) is 15.3. The summed E-state index contributed by atoms with van der Waals surface area (Å²) in [6.07, 6.45) is 0. The molecule has 0 bridgehead atoms. The molecule has 0 radical (unpaired) electrons. The Hall–Kier alpha value is -0.990. The van der Waals surface area contributed by atoms with Crippen LogP contribution >= 0.6 is 24.0 Å². The van der Waals surface area contributed by atoms with Crippen molar-refractivity contribution in [3.63, 3.8) is 0 Å². The zero-order chi connectivity index (χ0) is 30.7. The van der Waals surface area contributed by atoms with Crippen LogP contribution < -0.4 is 28.3 Å². The Bertz CT molecular complexity index is 1030. The van der Waals surface area contributed by atoms with Crippen LogP contribution in [0.25, 0.3) is 0 Å². The minimum atomic E-state index is -2.33. The second kappa shape index (κ2) is 13.8. The average molecular weight is 601 g/mol. The third kappa shape index (κ3) is 10.1. The van der Waals surface area contributed by atoms with Gasteiger partial charge in [-0.1, -0.05) is 110 Å². The highest BCUT2D eigenvalue weighted by atomic mass is 31.1. The van der Waals surface area contributed by atoms with E-state index in [1.807, 2.05) is 104 Å². The van der Waals surface area contributed by atoms with Crippen LogP contribution in [0.4, 0.5) is 0 Å². The van der Waals surface area contributed by atoms with Crippen molar-refractivity contribution in [2.75, 3.05) is 0 Å². The molecule has 0 spiro atoms. The first-order chi connectivity index (χ1) is 17.5. The third-order valence-electron chi connectivity index (χ3n) is 6.02. The largest absolute Gasteiger partial charge is 0.595 e. The lowest BCUT2D eigenvalue weighted by atomic mass is 9.86. The summed E-state index contributed by atoms with van der Waals surface area (Å²) in [6, 6.07) is 4.91. The number of hydrogen-bond acceptors (Lipinski definition) is 6. The first-order valence-electron chi connectivity index (χ1n) is 13.7. The van der Waals surface area contributed by atoms with E-state index in [1.165, 1.54) is 0 Å². The summed E-state index contributed by atoms with van der Waals surface area (Å²) >= 11 is 0. The van der Waals surface area contributed by atoms with Crippen molar-refractivity contribution >= 4 is 39.9 Å². The van der Waals surface area contributed by atoms with Gasteiger partial charge in [0.25, 0.3) is 29.7 Å². The van der Waals surface area contributed by atoms with E-state index in [2.05, 4.69) is 0 Å². The van der Waals surface area contributed by atoms with Crippen molar-refractivity contribution in [2.24, 2.45) is 34.0 Å². The molecule has 0 fully saturated rings. The molecule has 222 valence electrons. The lowest BCUT2D eigenvalue weighted by Crippen LogP contribution is -2.28. The van der Waals surface area contributed by atoms with E-state index in [1.54, 1.807) is 18.2 Å². The van der Waals surface area contributed by atoms with E-state index < -0.39 is 24.0 Å². The van der Waals surface area contributed by atoms with E-state index >= 15 is 0 Å². The topological polar surface area (TPSA) is 96.9 Å². The minimum Gasteiger partial charge on any atom is -0.595 e. The predicted octanol–water partition coefficient (Wildman–Crippen LogP) is 7.46. The molecule has 0 aromatic heterocycles. The molecular weight excluding hydrogens is 549 g/mol. The van der Waals surface area contributed by atoms with Gasteiger partial charge in [0.2, 0.25) is 11.5 Å². The Morgan fingerprint density at radius 1 is 0.538 bits per heavy atom. The number of para-hydroxylation sites is 1. The van der Waals surface area contributed by atoms with Gasteiger partial charge in [-0.3, -0.25) is 13.6 Å². The molecule has 0 amide bonds. The molecule has 1 aromatic carbocycles. The molecule has 1 rings (SSSR count). The van der Waals surface area contributed by atoms with E-state index in [0.29, 0.717) is 0 Å². The Morgan fingerprint density at radius 3 is 1.03 bits per heavy atom. The number of rotatable bonds is 9. The zero-order valence-corrected chi connectivity index (χ0v) is 29.4. The van der Waals surface area contributed by atoms with Gasteiger partial charge in [-0.05, 0) is 12.1 Å². The summed E-state index contributed by atoms with van der Waals surface area (Å²) in [4.78, 5) is 40.8. The molecule has 0 N–H and O–H groups in total. The van der Waals surface area contributed by atoms with Gasteiger partial charge < -0.3 is 14.7 Å². The molecular formula is C30H51O6P3. The molecule has 9 heteroatoms. The molecule has 6 nitrogen and oxygen atoms in total. The highest BCUT2D eigenvalue weighted by Crippen LogP contribution is 2.48. The van der Waals surface area contributed by atoms with Crippen LogP contribution in [0.2, 0.25) is 0 Å². The van der Waals surface area contributed by atoms with Crippen molar-refractivity contribution in [3.05, 3.63) is 18.2 Å². The summed E-state index contributed by atoms with van der Waals surface area (Å²) in [6.45, 7) is 29.9. The van der Waals surface area contributed by atoms with E-state index in [-0.39, 0.29) is 51.2 Å². The summed E-state index contributed by atoms with van der Waals surface area (Å²) in [5.74, 6) is 0.341. The van der Waals surface area contributed by atoms with Gasteiger partial charge >= 0.3 is 0 Å². The SMILES string of the molecule is CC(C)C(=[P+]([O-])Oc1cccc(O[P+]([O-])=C(C(C)C)C(C)(C)C)c1O[P+]([O-])=C(C(C)C)C(C)(C)C)C(C)(C)C. The van der Waals surface area contributed by atoms with Crippen molar-refractivity contribution < 1.29 is 28.3 Å². The Morgan fingerprint density at radius 2 is 0.795 bits per heavy atom. The Kier molecular flexibility index (Phi) is 12.7. The van der Waals surface area contributed by atoms with Crippen LogP contribution in [0.1, 0.15) is 104 Å². The maximum Gasteiger partial charge on any atom is 0.277 e. The van der Waals surface area contributed by atoms with Crippen molar-refractivity contribution in [1.29, 1.82) is 0 Å². The Labute approximate surface area is 241 Å². The molecule has 0 heterocycles. The maximum atomic E-state index is 13.7. The highest BCUT2D eigenvalue weighted by Gasteiger charge is 2.36. The molecule has 1 aromatic rings. The molecule has 0 saturated carbocycles. The zero-order valence-electron chi connectivity index (χ0n) is 26.8. The minimum absolute atomic E-state index is 0.0112. The second-order valence-corrected chi connectivity index (χ2v) is 17.5. The predicted molar refractivity (Wildman–Crippen MR) is 167 cm³/mol. The monoisotopic (exact) mass is 600 g/mol. The summed E-state index contributed by atoms with van der Waals surface area (Å²) in [5, 5.41) is 2.26. The first-order valence-corrected chi connectivity index (χ1v) is 17.2. The molecule has 39 heavy (non-hydrogen) atoms. The van der Waals surface area contributed by atoms with Crippen LogP contribution in [0.3, 0.4) is 0 Å². The second-order valence-electron chi connectivity index (χ2n) is 14.0. The molecule has 0 aliphatic rings. The van der Waals surface area contributed by atoms with E-state index in [0.717, 1.165) is 15.9 Å². The number of hydrogen-bond donors (Lipinski definition) is 0. The maximum absolute atomic E-state index is 13.7. The first kappa shape index (κ1) is 36.0. The van der Waals surface area contributed by atoms with Gasteiger partial charge in [-0.2, -0.15) is 0 Å². The highest BCUT2D eigenvalue weighted by molar-refractivity contribution is 7.48. The van der Waals surface area contributed by atoms with Crippen LogP contribution in [0.15, 0.2) is 18.2 Å². The van der Waals surface area contributed by atoms with Gasteiger partial charge in [0.1, 0.15) is 15.9 Å². The van der Waals surface area contributed by atoms with Crippen molar-refractivity contribution in [1.82, 2.24) is 0 Å². The fourth-order valence-corrected chi connectivity index (χ4v) is 9.38. The van der Waals surface area contributed by atoms with Crippen LogP contribution in [-0.2, 0) is 0 Å². The molecule has 0 aliphatic carbocycles. The van der Waals surface area contributed by atoms with Gasteiger partial charge in [0.05, 0.1) is 0 Å². The van der Waals surface area contributed by atoms with Crippen LogP contribution in [0, 0.1) is 34.0 Å². The smallest absolute Gasteiger partial charge is 0.277 e. The van der Waals surface area contributed by atoms with Crippen LogP contribution in [0.5, 0.6) is 17.2 Å². The quantitative estimate of drug-likeness (QED) is 0.273.